The third kappa shape index (κ3) is 4.75. The summed E-state index contributed by atoms with van der Waals surface area (Å²) < 4.78 is 7.44. The third-order valence-electron chi connectivity index (χ3n) is 7.89. The van der Waals surface area contributed by atoms with Crippen LogP contribution in [0.1, 0.15) is 68.8 Å². The van der Waals surface area contributed by atoms with Gasteiger partial charge < -0.3 is 9.64 Å². The summed E-state index contributed by atoms with van der Waals surface area (Å²) in [5.41, 5.74) is 6.16. The van der Waals surface area contributed by atoms with E-state index in [9.17, 15) is 0 Å². The van der Waals surface area contributed by atoms with Crippen LogP contribution in [0.25, 0.3) is 20.4 Å². The zero-order valence-corrected chi connectivity index (χ0v) is 24.1. The Labute approximate surface area is 228 Å². The molecule has 0 spiro atoms. The van der Waals surface area contributed by atoms with Gasteiger partial charge in [0.25, 0.3) is 0 Å². The van der Waals surface area contributed by atoms with Crippen molar-refractivity contribution in [2.45, 2.75) is 76.7 Å². The van der Waals surface area contributed by atoms with E-state index in [-0.39, 0.29) is 5.60 Å². The maximum Gasteiger partial charge on any atom is 0.189 e. The molecule has 0 unspecified atom stereocenters. The number of pyridine rings is 1. The highest BCUT2D eigenvalue weighted by Crippen LogP contribution is 2.45. The summed E-state index contributed by atoms with van der Waals surface area (Å²) in [4.78, 5) is 19.0. The van der Waals surface area contributed by atoms with Crippen LogP contribution in [0.5, 0.6) is 0 Å². The van der Waals surface area contributed by atoms with Crippen molar-refractivity contribution in [2.75, 3.05) is 24.2 Å². The standard InChI is InChI=1S/C30H36N4OS2/c1-18(2)24-22-17-35-30(3,4)16-21(22)23-25-26(37-28(23)31-24)27(33-29(32-25)36-5)34-13-11-20(12-14-34)15-19-9-7-6-8-10-19/h6-10,18,20H,11-17H2,1-5H3. The van der Waals surface area contributed by atoms with Gasteiger partial charge in [-0.25, -0.2) is 15.0 Å². The minimum absolute atomic E-state index is 0.192. The lowest BCUT2D eigenvalue weighted by molar-refractivity contribution is -0.0402. The minimum Gasteiger partial charge on any atom is -0.370 e. The van der Waals surface area contributed by atoms with E-state index in [1.54, 1.807) is 23.1 Å². The number of hydrogen-bond donors (Lipinski definition) is 0. The lowest BCUT2D eigenvalue weighted by Gasteiger charge is -2.34. The second-order valence-corrected chi connectivity index (χ2v) is 13.2. The Balaban J connectivity index is 1.42. The molecule has 4 aromatic rings. The first-order valence-electron chi connectivity index (χ1n) is 13.5. The molecule has 7 heteroatoms. The van der Waals surface area contributed by atoms with Crippen molar-refractivity contribution in [3.63, 3.8) is 0 Å². The molecule has 194 valence electrons. The number of piperidine rings is 1. The highest BCUT2D eigenvalue weighted by molar-refractivity contribution is 7.98. The summed E-state index contributed by atoms with van der Waals surface area (Å²) in [6.07, 6.45) is 6.50. The third-order valence-corrected chi connectivity index (χ3v) is 9.51. The number of anilines is 1. The molecule has 5 heterocycles. The van der Waals surface area contributed by atoms with Gasteiger partial charge in [0.1, 0.15) is 4.83 Å². The Kier molecular flexibility index (Phi) is 6.66. The van der Waals surface area contributed by atoms with Crippen molar-refractivity contribution in [3.8, 4) is 0 Å². The molecule has 0 bridgehead atoms. The molecule has 3 aromatic heterocycles. The van der Waals surface area contributed by atoms with Crippen LogP contribution in [-0.2, 0) is 24.2 Å². The molecule has 37 heavy (non-hydrogen) atoms. The van der Waals surface area contributed by atoms with E-state index in [2.05, 4.69) is 69.2 Å². The fraction of sp³-hybridized carbons (Fsp3) is 0.500. The monoisotopic (exact) mass is 532 g/mol. The topological polar surface area (TPSA) is 51.1 Å². The van der Waals surface area contributed by atoms with Crippen molar-refractivity contribution >= 4 is 49.3 Å². The summed E-state index contributed by atoms with van der Waals surface area (Å²) in [5, 5.41) is 2.08. The fourth-order valence-corrected chi connectivity index (χ4v) is 7.47. The van der Waals surface area contributed by atoms with Crippen LogP contribution in [0.15, 0.2) is 35.5 Å². The Morgan fingerprint density at radius 2 is 1.84 bits per heavy atom. The zero-order chi connectivity index (χ0) is 25.7. The maximum atomic E-state index is 6.25. The molecule has 0 amide bonds. The lowest BCUT2D eigenvalue weighted by atomic mass is 9.87. The van der Waals surface area contributed by atoms with E-state index >= 15 is 0 Å². The van der Waals surface area contributed by atoms with Crippen molar-refractivity contribution in [2.24, 2.45) is 5.92 Å². The predicted molar refractivity (Wildman–Crippen MR) is 156 cm³/mol. The van der Waals surface area contributed by atoms with Crippen molar-refractivity contribution in [1.29, 1.82) is 0 Å². The number of aromatic nitrogens is 3. The van der Waals surface area contributed by atoms with Crippen molar-refractivity contribution in [1.82, 2.24) is 15.0 Å². The number of ether oxygens (including phenoxy) is 1. The van der Waals surface area contributed by atoms with Crippen LogP contribution in [0, 0.1) is 5.92 Å². The molecule has 5 nitrogen and oxygen atoms in total. The Morgan fingerprint density at radius 3 is 2.54 bits per heavy atom. The summed E-state index contributed by atoms with van der Waals surface area (Å²) in [5.74, 6) is 2.17. The van der Waals surface area contributed by atoms with Gasteiger partial charge >= 0.3 is 0 Å². The van der Waals surface area contributed by atoms with Crippen molar-refractivity contribution in [3.05, 3.63) is 52.7 Å². The molecule has 1 fully saturated rings. The number of hydrogen-bond acceptors (Lipinski definition) is 7. The van der Waals surface area contributed by atoms with Crippen LogP contribution in [0.2, 0.25) is 0 Å². The van der Waals surface area contributed by atoms with Crippen LogP contribution < -0.4 is 4.90 Å². The normalized spacial score (nSPS) is 18.2. The second kappa shape index (κ2) is 9.83. The zero-order valence-electron chi connectivity index (χ0n) is 22.5. The Bertz CT molecular complexity index is 1440. The van der Waals surface area contributed by atoms with E-state index in [0.29, 0.717) is 12.5 Å². The van der Waals surface area contributed by atoms with E-state index in [1.807, 2.05) is 0 Å². The molecular formula is C30H36N4OS2. The molecular weight excluding hydrogens is 496 g/mol. The van der Waals surface area contributed by atoms with Gasteiger partial charge in [-0.1, -0.05) is 55.9 Å². The van der Waals surface area contributed by atoms with Crippen LogP contribution in [0.4, 0.5) is 5.82 Å². The lowest BCUT2D eigenvalue weighted by Crippen LogP contribution is -2.35. The molecule has 6 rings (SSSR count). The quantitative estimate of drug-likeness (QED) is 0.197. The summed E-state index contributed by atoms with van der Waals surface area (Å²) in [7, 11) is 0. The minimum atomic E-state index is -0.192. The average molecular weight is 533 g/mol. The summed E-state index contributed by atoms with van der Waals surface area (Å²) in [6.45, 7) is 11.6. The first-order valence-corrected chi connectivity index (χ1v) is 15.5. The number of fused-ring (bicyclic) bond motifs is 5. The van der Waals surface area contributed by atoms with Gasteiger partial charge in [0.2, 0.25) is 0 Å². The number of nitrogens with zero attached hydrogens (tertiary/aromatic N) is 4. The Morgan fingerprint density at radius 1 is 1.08 bits per heavy atom. The fourth-order valence-electron chi connectivity index (χ4n) is 5.94. The predicted octanol–water partition coefficient (Wildman–Crippen LogP) is 7.40. The maximum absolute atomic E-state index is 6.25. The molecule has 0 N–H and O–H groups in total. The summed E-state index contributed by atoms with van der Waals surface area (Å²) >= 11 is 3.41. The van der Waals surface area contributed by atoms with E-state index < -0.39 is 0 Å². The van der Waals surface area contributed by atoms with E-state index in [4.69, 9.17) is 19.7 Å². The molecule has 2 aliphatic rings. The SMILES string of the molecule is CSc1nc(N2CCC(Cc3ccccc3)CC2)c2sc3nc(C(C)C)c4c(c3c2n1)CC(C)(C)OC4. The van der Waals surface area contributed by atoms with Crippen molar-refractivity contribution < 1.29 is 4.74 Å². The summed E-state index contributed by atoms with van der Waals surface area (Å²) in [6, 6.07) is 10.9. The van der Waals surface area contributed by atoms with Gasteiger partial charge in [0.05, 0.1) is 28.1 Å². The Hall–Kier alpha value is -2.22. The van der Waals surface area contributed by atoms with Crippen LogP contribution in [-0.4, -0.2) is 39.9 Å². The molecule has 1 aromatic carbocycles. The van der Waals surface area contributed by atoms with Gasteiger partial charge in [-0.2, -0.15) is 0 Å². The van der Waals surface area contributed by atoms with E-state index in [0.717, 1.165) is 46.7 Å². The average Bonchev–Trinajstić information content (AvgIpc) is 3.27. The molecule has 1 saturated heterocycles. The second-order valence-electron chi connectivity index (χ2n) is 11.4. The van der Waals surface area contributed by atoms with Gasteiger partial charge in [0.15, 0.2) is 11.0 Å². The highest BCUT2D eigenvalue weighted by Gasteiger charge is 2.33. The largest absolute Gasteiger partial charge is 0.370 e. The molecule has 0 saturated carbocycles. The van der Waals surface area contributed by atoms with Gasteiger partial charge in [-0.3, -0.25) is 0 Å². The number of thioether (sulfide) groups is 1. The van der Waals surface area contributed by atoms with Gasteiger partial charge in [-0.15, -0.1) is 11.3 Å². The van der Waals surface area contributed by atoms with E-state index in [1.165, 1.54) is 51.7 Å². The van der Waals surface area contributed by atoms with Gasteiger partial charge in [0, 0.05) is 30.5 Å². The first-order chi connectivity index (χ1) is 17.8. The number of benzene rings is 1. The van der Waals surface area contributed by atoms with Gasteiger partial charge in [-0.05, 0) is 62.3 Å². The highest BCUT2D eigenvalue weighted by atomic mass is 32.2. The van der Waals surface area contributed by atoms with Crippen LogP contribution in [0.3, 0.4) is 0 Å². The number of thiophene rings is 1. The molecule has 0 atom stereocenters. The number of rotatable bonds is 5. The smallest absolute Gasteiger partial charge is 0.189 e. The molecule has 2 aliphatic heterocycles. The van der Waals surface area contributed by atoms with Crippen LogP contribution >= 0.6 is 23.1 Å². The molecule has 0 radical (unpaired) electrons. The first kappa shape index (κ1) is 25.1. The molecule has 0 aliphatic carbocycles.